The van der Waals surface area contributed by atoms with Crippen molar-refractivity contribution in [1.29, 1.82) is 0 Å². The Morgan fingerprint density at radius 3 is 2.42 bits per heavy atom. The fourth-order valence-corrected chi connectivity index (χ4v) is 3.66. The van der Waals surface area contributed by atoms with Gasteiger partial charge in [0.05, 0.1) is 22.5 Å². The van der Waals surface area contributed by atoms with E-state index in [-0.39, 0.29) is 11.7 Å². The lowest BCUT2D eigenvalue weighted by Crippen LogP contribution is -2.38. The van der Waals surface area contributed by atoms with Crippen LogP contribution in [-0.4, -0.2) is 15.7 Å². The van der Waals surface area contributed by atoms with E-state index in [9.17, 15) is 9.18 Å². The Hall–Kier alpha value is -4.13. The highest BCUT2D eigenvalue weighted by molar-refractivity contribution is 6.01. The van der Waals surface area contributed by atoms with Crippen LogP contribution in [0.5, 0.6) is 11.6 Å². The molecule has 0 saturated carbocycles. The van der Waals surface area contributed by atoms with E-state index in [4.69, 9.17) is 4.74 Å². The first-order valence-electron chi connectivity index (χ1n) is 9.85. The lowest BCUT2D eigenvalue weighted by atomic mass is 10.1. The summed E-state index contributed by atoms with van der Waals surface area (Å²) in [6.07, 6.45) is -0.546. The molecule has 6 nitrogen and oxygen atoms in total. The van der Waals surface area contributed by atoms with E-state index >= 15 is 0 Å². The SMILES string of the molecule is Cc1nn(-c2ccccc2)c(Oc2ccc(F)cc2)c1[C@H]1NC(=O)c2ccccc2N1. The summed E-state index contributed by atoms with van der Waals surface area (Å²) in [5.41, 5.74) is 3.49. The molecule has 0 saturated heterocycles. The summed E-state index contributed by atoms with van der Waals surface area (Å²) in [6, 6.07) is 22.7. The second-order valence-electron chi connectivity index (χ2n) is 7.20. The molecule has 3 aromatic carbocycles. The van der Waals surface area contributed by atoms with Gasteiger partial charge in [-0.3, -0.25) is 4.79 Å². The Morgan fingerprint density at radius 2 is 1.65 bits per heavy atom. The monoisotopic (exact) mass is 414 g/mol. The summed E-state index contributed by atoms with van der Waals surface area (Å²) >= 11 is 0. The summed E-state index contributed by atoms with van der Waals surface area (Å²) in [7, 11) is 0. The van der Waals surface area contributed by atoms with Gasteiger partial charge in [0.25, 0.3) is 5.91 Å². The zero-order valence-electron chi connectivity index (χ0n) is 16.7. The van der Waals surface area contributed by atoms with Crippen molar-refractivity contribution < 1.29 is 13.9 Å². The topological polar surface area (TPSA) is 68.2 Å². The predicted octanol–water partition coefficient (Wildman–Crippen LogP) is 4.97. The molecule has 2 N–H and O–H groups in total. The zero-order chi connectivity index (χ0) is 21.4. The molecule has 1 aromatic heterocycles. The molecular formula is C24H19FN4O2. The van der Waals surface area contributed by atoms with Gasteiger partial charge in [0.2, 0.25) is 5.88 Å². The van der Waals surface area contributed by atoms with Crippen molar-refractivity contribution in [2.24, 2.45) is 0 Å². The van der Waals surface area contributed by atoms with Crippen molar-refractivity contribution in [3.63, 3.8) is 0 Å². The van der Waals surface area contributed by atoms with Gasteiger partial charge in [-0.2, -0.15) is 5.10 Å². The molecule has 7 heteroatoms. The molecule has 0 fully saturated rings. The molecule has 1 amide bonds. The van der Waals surface area contributed by atoms with Gasteiger partial charge < -0.3 is 15.4 Å². The second kappa shape index (κ2) is 7.60. The number of nitrogens with zero attached hydrogens (tertiary/aromatic N) is 2. The molecule has 0 radical (unpaired) electrons. The standard InChI is InChI=1S/C24H19FN4O2/c1-15-21(22-26-20-10-6-5-9-19(20)23(30)27-22)24(31-18-13-11-16(25)12-14-18)29(28-15)17-7-3-2-4-8-17/h2-14,22,26H,1H3,(H,27,30)/t22-/m1/s1. The van der Waals surface area contributed by atoms with Gasteiger partial charge in [-0.25, -0.2) is 9.07 Å². The van der Waals surface area contributed by atoms with Crippen LogP contribution in [0.3, 0.4) is 0 Å². The Labute approximate surface area is 178 Å². The van der Waals surface area contributed by atoms with E-state index < -0.39 is 6.17 Å². The smallest absolute Gasteiger partial charge is 0.255 e. The highest BCUT2D eigenvalue weighted by Gasteiger charge is 2.31. The highest BCUT2D eigenvalue weighted by atomic mass is 19.1. The van der Waals surface area contributed by atoms with Crippen molar-refractivity contribution in [1.82, 2.24) is 15.1 Å². The maximum absolute atomic E-state index is 13.4. The number of carbonyl (C=O) groups excluding carboxylic acids is 1. The lowest BCUT2D eigenvalue weighted by molar-refractivity contribution is 0.0935. The van der Waals surface area contributed by atoms with E-state index in [2.05, 4.69) is 15.7 Å². The van der Waals surface area contributed by atoms with E-state index in [1.165, 1.54) is 12.1 Å². The number of aromatic nitrogens is 2. The summed E-state index contributed by atoms with van der Waals surface area (Å²) in [4.78, 5) is 12.7. The Bertz CT molecular complexity index is 1250. The number of rotatable bonds is 4. The van der Waals surface area contributed by atoms with Gasteiger partial charge in [0.1, 0.15) is 17.7 Å². The van der Waals surface area contributed by atoms with E-state index in [1.807, 2.05) is 55.5 Å². The number of para-hydroxylation sites is 2. The van der Waals surface area contributed by atoms with Gasteiger partial charge in [-0.1, -0.05) is 30.3 Å². The summed E-state index contributed by atoms with van der Waals surface area (Å²) in [5, 5.41) is 11.0. The molecule has 1 aliphatic rings. The van der Waals surface area contributed by atoms with Crippen LogP contribution in [0.4, 0.5) is 10.1 Å². The van der Waals surface area contributed by atoms with Crippen LogP contribution in [0.15, 0.2) is 78.9 Å². The van der Waals surface area contributed by atoms with Crippen LogP contribution >= 0.6 is 0 Å². The van der Waals surface area contributed by atoms with Crippen LogP contribution in [-0.2, 0) is 0 Å². The maximum atomic E-state index is 13.4. The third kappa shape index (κ3) is 3.50. The van der Waals surface area contributed by atoms with Gasteiger partial charge in [0, 0.05) is 5.69 Å². The van der Waals surface area contributed by atoms with Crippen LogP contribution in [0.25, 0.3) is 5.69 Å². The molecule has 154 valence electrons. The quantitative estimate of drug-likeness (QED) is 0.495. The number of nitrogens with one attached hydrogen (secondary N) is 2. The maximum Gasteiger partial charge on any atom is 0.255 e. The molecular weight excluding hydrogens is 395 g/mol. The van der Waals surface area contributed by atoms with Crippen LogP contribution in [0, 0.1) is 12.7 Å². The number of halogens is 1. The molecule has 0 bridgehead atoms. The van der Waals surface area contributed by atoms with Crippen LogP contribution in [0.1, 0.15) is 27.8 Å². The number of ether oxygens (including phenoxy) is 1. The van der Waals surface area contributed by atoms with E-state index in [1.54, 1.807) is 22.9 Å². The number of anilines is 1. The van der Waals surface area contributed by atoms with Crippen molar-refractivity contribution in [3.8, 4) is 17.3 Å². The number of amides is 1. The largest absolute Gasteiger partial charge is 0.438 e. The minimum Gasteiger partial charge on any atom is -0.438 e. The number of hydrogen-bond acceptors (Lipinski definition) is 4. The second-order valence-corrected chi connectivity index (χ2v) is 7.20. The average Bonchev–Trinajstić information content (AvgIpc) is 3.11. The number of fused-ring (bicyclic) bond motifs is 1. The van der Waals surface area contributed by atoms with Crippen molar-refractivity contribution in [2.45, 2.75) is 13.1 Å². The van der Waals surface area contributed by atoms with Crippen LogP contribution in [0.2, 0.25) is 0 Å². The summed E-state index contributed by atoms with van der Waals surface area (Å²) in [6.45, 7) is 1.86. The minimum atomic E-state index is -0.546. The molecule has 5 rings (SSSR count). The normalized spacial score (nSPS) is 15.0. The Kier molecular flexibility index (Phi) is 4.63. The third-order valence-corrected chi connectivity index (χ3v) is 5.13. The summed E-state index contributed by atoms with van der Waals surface area (Å²) < 4.78 is 21.3. The molecule has 0 spiro atoms. The van der Waals surface area contributed by atoms with Crippen molar-refractivity contribution in [3.05, 3.63) is 102 Å². The Balaban J connectivity index is 1.62. The first kappa shape index (κ1) is 18.9. The minimum absolute atomic E-state index is 0.182. The van der Waals surface area contributed by atoms with E-state index in [0.717, 1.165) is 11.4 Å². The average molecular weight is 414 g/mol. The fraction of sp³-hybridized carbons (Fsp3) is 0.0833. The molecule has 2 heterocycles. The van der Waals surface area contributed by atoms with Gasteiger partial charge in [-0.05, 0) is 55.5 Å². The molecule has 1 atom stereocenters. The van der Waals surface area contributed by atoms with Gasteiger partial charge in [0.15, 0.2) is 0 Å². The molecule has 0 unspecified atom stereocenters. The Morgan fingerprint density at radius 1 is 0.935 bits per heavy atom. The molecule has 1 aliphatic heterocycles. The molecule has 31 heavy (non-hydrogen) atoms. The first-order valence-corrected chi connectivity index (χ1v) is 9.85. The molecule has 0 aliphatic carbocycles. The number of hydrogen-bond donors (Lipinski definition) is 2. The number of carbonyl (C=O) groups is 1. The van der Waals surface area contributed by atoms with Crippen molar-refractivity contribution >= 4 is 11.6 Å². The third-order valence-electron chi connectivity index (χ3n) is 5.13. The highest BCUT2D eigenvalue weighted by Crippen LogP contribution is 2.37. The number of benzene rings is 3. The first-order chi connectivity index (χ1) is 15.1. The van der Waals surface area contributed by atoms with Gasteiger partial charge in [-0.15, -0.1) is 0 Å². The molecule has 4 aromatic rings. The fourth-order valence-electron chi connectivity index (χ4n) is 3.66. The van der Waals surface area contributed by atoms with E-state index in [0.29, 0.717) is 28.5 Å². The zero-order valence-corrected chi connectivity index (χ0v) is 16.7. The summed E-state index contributed by atoms with van der Waals surface area (Å²) in [5.74, 6) is 0.367. The lowest BCUT2D eigenvalue weighted by Gasteiger charge is -2.28. The van der Waals surface area contributed by atoms with Gasteiger partial charge >= 0.3 is 0 Å². The van der Waals surface area contributed by atoms with Crippen molar-refractivity contribution in [2.75, 3.05) is 5.32 Å². The predicted molar refractivity (Wildman–Crippen MR) is 115 cm³/mol. The van der Waals surface area contributed by atoms with Crippen LogP contribution < -0.4 is 15.4 Å². The number of aryl methyl sites for hydroxylation is 1.